The lowest BCUT2D eigenvalue weighted by Gasteiger charge is -2.36. The van der Waals surface area contributed by atoms with Crippen LogP contribution in [0.4, 0.5) is 5.95 Å². The van der Waals surface area contributed by atoms with Gasteiger partial charge in [0.15, 0.2) is 0 Å². The first kappa shape index (κ1) is 19.6. The Morgan fingerprint density at radius 3 is 2.54 bits per heavy atom. The van der Waals surface area contributed by atoms with E-state index in [4.69, 9.17) is 4.74 Å². The summed E-state index contributed by atoms with van der Waals surface area (Å²) in [7, 11) is 1.51. The number of ether oxygens (including phenoxy) is 1. The van der Waals surface area contributed by atoms with Gasteiger partial charge in [-0.1, -0.05) is 6.07 Å². The Labute approximate surface area is 163 Å². The highest BCUT2D eigenvalue weighted by atomic mass is 16.5. The number of aliphatic hydroxyl groups is 1. The van der Waals surface area contributed by atoms with E-state index in [1.165, 1.54) is 7.11 Å². The highest BCUT2D eigenvalue weighted by Gasteiger charge is 2.29. The standard InChI is InChI=1S/C19H23N5O4/c1-28-15-5-2-4-14(12-15)17(26)22-16(13-25)18(27)23-8-10-24(11-9-23)19-20-6-3-7-21-19/h2-7,12,16,25H,8-11,13H2,1H3,(H,22,26). The molecule has 3 rings (SSSR count). The maximum atomic E-state index is 12.7. The quantitative estimate of drug-likeness (QED) is 0.716. The third kappa shape index (κ3) is 4.55. The van der Waals surface area contributed by atoms with Crippen LogP contribution in [0, 0.1) is 0 Å². The van der Waals surface area contributed by atoms with Gasteiger partial charge in [0.1, 0.15) is 11.8 Å². The summed E-state index contributed by atoms with van der Waals surface area (Å²) in [5, 5.41) is 12.2. The number of piperazine rings is 1. The van der Waals surface area contributed by atoms with Gasteiger partial charge in [-0.05, 0) is 24.3 Å². The molecule has 1 aromatic heterocycles. The second kappa shape index (κ2) is 9.14. The number of carbonyl (C=O) groups excluding carboxylic acids is 2. The molecule has 2 heterocycles. The van der Waals surface area contributed by atoms with Gasteiger partial charge in [-0.15, -0.1) is 0 Å². The van der Waals surface area contributed by atoms with Crippen LogP contribution >= 0.6 is 0 Å². The van der Waals surface area contributed by atoms with Crippen LogP contribution in [0.1, 0.15) is 10.4 Å². The van der Waals surface area contributed by atoms with Gasteiger partial charge in [0, 0.05) is 44.1 Å². The average Bonchev–Trinajstić information content (AvgIpc) is 2.77. The van der Waals surface area contributed by atoms with Crippen LogP contribution in [0.3, 0.4) is 0 Å². The summed E-state index contributed by atoms with van der Waals surface area (Å²) in [6.07, 6.45) is 3.35. The van der Waals surface area contributed by atoms with Gasteiger partial charge in [0.05, 0.1) is 13.7 Å². The van der Waals surface area contributed by atoms with Crippen LogP contribution in [-0.2, 0) is 4.79 Å². The fourth-order valence-corrected chi connectivity index (χ4v) is 2.99. The number of nitrogens with zero attached hydrogens (tertiary/aromatic N) is 4. The van der Waals surface area contributed by atoms with Crippen LogP contribution < -0.4 is 15.0 Å². The molecule has 0 bridgehead atoms. The summed E-state index contributed by atoms with van der Waals surface area (Å²) in [6, 6.07) is 7.36. The highest BCUT2D eigenvalue weighted by molar-refractivity contribution is 5.97. The van der Waals surface area contributed by atoms with E-state index in [2.05, 4.69) is 15.3 Å². The number of benzene rings is 1. The normalized spacial score (nSPS) is 15.1. The van der Waals surface area contributed by atoms with Crippen molar-refractivity contribution in [3.8, 4) is 5.75 Å². The van der Waals surface area contributed by atoms with Crippen molar-refractivity contribution in [1.29, 1.82) is 0 Å². The SMILES string of the molecule is COc1cccc(C(=O)NC(CO)C(=O)N2CCN(c3ncccn3)CC2)c1. The predicted molar refractivity (Wildman–Crippen MR) is 102 cm³/mol. The minimum absolute atomic E-state index is 0.313. The minimum Gasteiger partial charge on any atom is -0.497 e. The van der Waals surface area contributed by atoms with Crippen LogP contribution in [0.15, 0.2) is 42.7 Å². The summed E-state index contributed by atoms with van der Waals surface area (Å²) in [5.41, 5.74) is 0.358. The molecule has 2 aromatic rings. The van der Waals surface area contributed by atoms with Crippen LogP contribution in [0.25, 0.3) is 0 Å². The van der Waals surface area contributed by atoms with Crippen LogP contribution in [0.2, 0.25) is 0 Å². The van der Waals surface area contributed by atoms with Crippen molar-refractivity contribution in [3.05, 3.63) is 48.3 Å². The number of nitrogens with one attached hydrogen (secondary N) is 1. The zero-order valence-corrected chi connectivity index (χ0v) is 15.6. The highest BCUT2D eigenvalue weighted by Crippen LogP contribution is 2.13. The number of hydrogen-bond donors (Lipinski definition) is 2. The van der Waals surface area contributed by atoms with Gasteiger partial charge in [-0.25, -0.2) is 9.97 Å². The molecule has 0 saturated carbocycles. The molecule has 148 valence electrons. The van der Waals surface area contributed by atoms with E-state index in [0.29, 0.717) is 43.4 Å². The molecule has 0 aliphatic carbocycles. The van der Waals surface area contributed by atoms with E-state index in [1.54, 1.807) is 47.6 Å². The Bertz CT molecular complexity index is 809. The second-order valence-corrected chi connectivity index (χ2v) is 6.30. The van der Waals surface area contributed by atoms with E-state index in [0.717, 1.165) is 0 Å². The molecule has 9 heteroatoms. The van der Waals surface area contributed by atoms with E-state index >= 15 is 0 Å². The van der Waals surface area contributed by atoms with Gasteiger partial charge in [-0.2, -0.15) is 0 Å². The van der Waals surface area contributed by atoms with E-state index in [-0.39, 0.29) is 5.91 Å². The number of methoxy groups -OCH3 is 1. The van der Waals surface area contributed by atoms with Gasteiger partial charge in [-0.3, -0.25) is 9.59 Å². The topological polar surface area (TPSA) is 108 Å². The molecular weight excluding hydrogens is 362 g/mol. The van der Waals surface area contributed by atoms with Crippen molar-refractivity contribution in [1.82, 2.24) is 20.2 Å². The maximum absolute atomic E-state index is 12.7. The number of amides is 2. The number of aliphatic hydroxyl groups excluding tert-OH is 1. The van der Waals surface area contributed by atoms with Gasteiger partial charge in [0.25, 0.3) is 5.91 Å². The fourth-order valence-electron chi connectivity index (χ4n) is 2.99. The molecule has 2 N–H and O–H groups in total. The number of anilines is 1. The van der Waals surface area contributed by atoms with Crippen molar-refractivity contribution in [3.63, 3.8) is 0 Å². The molecule has 2 amide bonds. The van der Waals surface area contributed by atoms with Crippen molar-refractivity contribution in [2.24, 2.45) is 0 Å². The summed E-state index contributed by atoms with van der Waals surface area (Å²) in [4.78, 5) is 37.2. The lowest BCUT2D eigenvalue weighted by Crippen LogP contribution is -2.56. The van der Waals surface area contributed by atoms with Gasteiger partial charge in [0.2, 0.25) is 11.9 Å². The van der Waals surface area contributed by atoms with E-state index in [9.17, 15) is 14.7 Å². The Hall–Kier alpha value is -3.20. The number of carbonyl (C=O) groups is 2. The van der Waals surface area contributed by atoms with Gasteiger partial charge < -0.3 is 25.0 Å². The Morgan fingerprint density at radius 2 is 1.89 bits per heavy atom. The predicted octanol–water partition coefficient (Wildman–Crippen LogP) is -0.0753. The summed E-state index contributed by atoms with van der Waals surface area (Å²) < 4.78 is 5.11. The van der Waals surface area contributed by atoms with Crippen molar-refractivity contribution in [2.75, 3.05) is 44.8 Å². The van der Waals surface area contributed by atoms with Gasteiger partial charge >= 0.3 is 0 Å². The Kier molecular flexibility index (Phi) is 6.38. The van der Waals surface area contributed by atoms with Crippen molar-refractivity contribution < 1.29 is 19.4 Å². The maximum Gasteiger partial charge on any atom is 0.252 e. The molecule has 1 atom stereocenters. The molecule has 9 nitrogen and oxygen atoms in total. The number of hydrogen-bond acceptors (Lipinski definition) is 7. The van der Waals surface area contributed by atoms with E-state index < -0.39 is 18.6 Å². The van der Waals surface area contributed by atoms with Crippen molar-refractivity contribution >= 4 is 17.8 Å². The lowest BCUT2D eigenvalue weighted by atomic mass is 10.1. The summed E-state index contributed by atoms with van der Waals surface area (Å²) >= 11 is 0. The first-order valence-corrected chi connectivity index (χ1v) is 8.99. The molecule has 0 spiro atoms. The largest absolute Gasteiger partial charge is 0.497 e. The molecule has 28 heavy (non-hydrogen) atoms. The molecule has 1 fully saturated rings. The summed E-state index contributed by atoms with van der Waals surface area (Å²) in [5.74, 6) is 0.411. The third-order valence-corrected chi connectivity index (χ3v) is 4.54. The number of aromatic nitrogens is 2. The molecular formula is C19H23N5O4. The zero-order valence-electron chi connectivity index (χ0n) is 15.6. The third-order valence-electron chi connectivity index (χ3n) is 4.54. The Morgan fingerprint density at radius 1 is 1.18 bits per heavy atom. The zero-order chi connectivity index (χ0) is 19.9. The lowest BCUT2D eigenvalue weighted by molar-refractivity contribution is -0.134. The molecule has 0 radical (unpaired) electrons. The van der Waals surface area contributed by atoms with Crippen molar-refractivity contribution in [2.45, 2.75) is 6.04 Å². The first-order chi connectivity index (χ1) is 13.6. The number of rotatable bonds is 6. The molecule has 1 saturated heterocycles. The van der Waals surface area contributed by atoms with Crippen LogP contribution in [-0.4, -0.2) is 77.7 Å². The van der Waals surface area contributed by atoms with E-state index in [1.807, 2.05) is 4.90 Å². The minimum atomic E-state index is -1.00. The monoisotopic (exact) mass is 385 g/mol. The summed E-state index contributed by atoms with van der Waals surface area (Å²) in [6.45, 7) is 1.61. The smallest absolute Gasteiger partial charge is 0.252 e. The Balaban J connectivity index is 1.58. The molecule has 1 aliphatic rings. The molecule has 1 unspecified atom stereocenters. The fraction of sp³-hybridized carbons (Fsp3) is 0.368. The first-order valence-electron chi connectivity index (χ1n) is 8.99. The second-order valence-electron chi connectivity index (χ2n) is 6.30. The average molecular weight is 385 g/mol. The van der Waals surface area contributed by atoms with Crippen LogP contribution in [0.5, 0.6) is 5.75 Å². The molecule has 1 aromatic carbocycles. The molecule has 1 aliphatic heterocycles.